The number of amidine groups is 1. The van der Waals surface area contributed by atoms with Crippen molar-refractivity contribution in [1.29, 1.82) is 0 Å². The van der Waals surface area contributed by atoms with Gasteiger partial charge in [-0.1, -0.05) is 24.6 Å². The van der Waals surface area contributed by atoms with E-state index < -0.39 is 0 Å². The van der Waals surface area contributed by atoms with E-state index in [1.54, 1.807) is 0 Å². The van der Waals surface area contributed by atoms with Crippen LogP contribution in [0.3, 0.4) is 0 Å². The molecule has 4 nitrogen and oxygen atoms in total. The summed E-state index contributed by atoms with van der Waals surface area (Å²) < 4.78 is 0. The van der Waals surface area contributed by atoms with Gasteiger partial charge < -0.3 is 10.6 Å². The van der Waals surface area contributed by atoms with Crippen LogP contribution in [-0.4, -0.2) is 35.5 Å². The lowest BCUT2D eigenvalue weighted by atomic mass is 9.89. The Bertz CT molecular complexity index is 381. The number of carbonyl (C=O) groups is 1. The van der Waals surface area contributed by atoms with Crippen molar-refractivity contribution in [2.24, 2.45) is 10.4 Å². The Labute approximate surface area is 126 Å². The van der Waals surface area contributed by atoms with Crippen molar-refractivity contribution < 1.29 is 4.79 Å². The zero-order chi connectivity index (χ0) is 14.6. The van der Waals surface area contributed by atoms with Gasteiger partial charge in [0.05, 0.1) is 0 Å². The molecule has 1 aliphatic heterocycles. The van der Waals surface area contributed by atoms with Gasteiger partial charge in [-0.25, -0.2) is 0 Å². The first kappa shape index (κ1) is 15.7. The van der Waals surface area contributed by atoms with Crippen LogP contribution >= 0.6 is 11.8 Å². The van der Waals surface area contributed by atoms with E-state index in [4.69, 9.17) is 0 Å². The summed E-state index contributed by atoms with van der Waals surface area (Å²) in [7, 11) is 0. The lowest BCUT2D eigenvalue weighted by molar-refractivity contribution is -0.122. The zero-order valence-electron chi connectivity index (χ0n) is 12.9. The average molecular weight is 297 g/mol. The van der Waals surface area contributed by atoms with Crippen molar-refractivity contribution >= 4 is 22.8 Å². The summed E-state index contributed by atoms with van der Waals surface area (Å²) in [5.74, 6) is 1.28. The molecular formula is C15H27N3OS. The fraction of sp³-hybridized carbons (Fsp3) is 0.867. The number of rotatable bonds is 3. The first-order valence-electron chi connectivity index (χ1n) is 7.61. The summed E-state index contributed by atoms with van der Waals surface area (Å²) in [6.07, 6.45) is 5.91. The van der Waals surface area contributed by atoms with Crippen LogP contribution in [0, 0.1) is 5.41 Å². The molecule has 1 aliphatic carbocycles. The largest absolute Gasteiger partial charge is 0.364 e. The monoisotopic (exact) mass is 297 g/mol. The van der Waals surface area contributed by atoms with Gasteiger partial charge in [-0.2, -0.15) is 0 Å². The smallest absolute Gasteiger partial charge is 0.222 e. The summed E-state index contributed by atoms with van der Waals surface area (Å²) >= 11 is 1.83. The maximum Gasteiger partial charge on any atom is 0.222 e. The molecule has 2 N–H and O–H groups in total. The molecule has 0 radical (unpaired) electrons. The molecule has 0 atom stereocenters. The van der Waals surface area contributed by atoms with E-state index in [2.05, 4.69) is 15.6 Å². The van der Waals surface area contributed by atoms with Gasteiger partial charge in [0.1, 0.15) is 0 Å². The Morgan fingerprint density at radius 1 is 1.35 bits per heavy atom. The highest BCUT2D eigenvalue weighted by molar-refractivity contribution is 8.13. The van der Waals surface area contributed by atoms with Gasteiger partial charge in [0, 0.05) is 30.8 Å². The molecule has 114 valence electrons. The first-order valence-corrected chi connectivity index (χ1v) is 8.59. The molecule has 0 aromatic carbocycles. The van der Waals surface area contributed by atoms with E-state index in [1.165, 1.54) is 31.4 Å². The lowest BCUT2D eigenvalue weighted by Crippen LogP contribution is -2.42. The summed E-state index contributed by atoms with van der Waals surface area (Å²) in [6.45, 7) is 7.64. The summed E-state index contributed by atoms with van der Waals surface area (Å²) in [5.41, 5.74) is 0.336. The van der Waals surface area contributed by atoms with E-state index in [0.29, 0.717) is 18.4 Å². The van der Waals surface area contributed by atoms with E-state index >= 15 is 0 Å². The molecule has 1 fully saturated rings. The molecule has 0 unspecified atom stereocenters. The molecule has 2 rings (SSSR count). The summed E-state index contributed by atoms with van der Waals surface area (Å²) in [6, 6.07) is 0. The molecule has 0 saturated heterocycles. The molecule has 2 aliphatic rings. The third-order valence-corrected chi connectivity index (χ3v) is 5.18. The van der Waals surface area contributed by atoms with Crippen LogP contribution in [0.15, 0.2) is 4.99 Å². The molecule has 1 spiro atoms. The number of thioether (sulfide) groups is 1. The molecule has 0 aromatic rings. The van der Waals surface area contributed by atoms with Crippen molar-refractivity contribution in [3.63, 3.8) is 0 Å². The van der Waals surface area contributed by atoms with Gasteiger partial charge in [0.25, 0.3) is 0 Å². The van der Waals surface area contributed by atoms with Gasteiger partial charge in [-0.15, -0.1) is 0 Å². The fourth-order valence-electron chi connectivity index (χ4n) is 2.85. The standard InChI is InChI=1S/C15H27N3OS/c1-14(2,3)18-12(19)6-9-16-13-17-10-15(11-20-13)7-4-5-8-15/h4-11H2,1-3H3,(H,16,17)(H,18,19). The number of nitrogens with one attached hydrogen (secondary N) is 2. The van der Waals surface area contributed by atoms with Crippen molar-refractivity contribution in [3.05, 3.63) is 0 Å². The van der Waals surface area contributed by atoms with Crippen LogP contribution in [0.4, 0.5) is 0 Å². The number of hydrogen-bond donors (Lipinski definition) is 2. The molecule has 1 heterocycles. The maximum absolute atomic E-state index is 11.7. The highest BCUT2D eigenvalue weighted by Crippen LogP contribution is 2.43. The number of hydrogen-bond acceptors (Lipinski definition) is 4. The van der Waals surface area contributed by atoms with Crippen molar-refractivity contribution in [1.82, 2.24) is 10.6 Å². The molecule has 0 bridgehead atoms. The molecule has 0 aromatic heterocycles. The minimum atomic E-state index is -0.150. The molecule has 1 amide bonds. The molecule has 20 heavy (non-hydrogen) atoms. The Hall–Kier alpha value is -0.710. The minimum Gasteiger partial charge on any atom is -0.364 e. The van der Waals surface area contributed by atoms with Crippen molar-refractivity contribution in [2.75, 3.05) is 18.8 Å². The Morgan fingerprint density at radius 2 is 2.05 bits per heavy atom. The normalized spacial score (nSPS) is 21.6. The van der Waals surface area contributed by atoms with Crippen molar-refractivity contribution in [3.8, 4) is 0 Å². The SMILES string of the molecule is CC(C)(C)NC(=O)CCNC1=NCC2(CCCC2)CS1. The van der Waals surface area contributed by atoms with Crippen LogP contribution in [0.2, 0.25) is 0 Å². The third-order valence-electron chi connectivity index (χ3n) is 3.88. The molecule has 5 heteroatoms. The van der Waals surface area contributed by atoms with Gasteiger partial charge in [-0.05, 0) is 39.0 Å². The zero-order valence-corrected chi connectivity index (χ0v) is 13.7. The highest BCUT2D eigenvalue weighted by Gasteiger charge is 2.36. The Kier molecular flexibility index (Phi) is 4.99. The molecule has 1 saturated carbocycles. The highest BCUT2D eigenvalue weighted by atomic mass is 32.2. The summed E-state index contributed by atoms with van der Waals surface area (Å²) in [4.78, 5) is 16.4. The first-order chi connectivity index (χ1) is 9.39. The van der Waals surface area contributed by atoms with Gasteiger partial charge in [0.15, 0.2) is 5.17 Å². The maximum atomic E-state index is 11.7. The second-order valence-electron chi connectivity index (χ2n) is 7.09. The number of carbonyl (C=O) groups excluding carboxylic acids is 1. The number of aliphatic imine (C=N–C) groups is 1. The Balaban J connectivity index is 1.68. The summed E-state index contributed by atoms with van der Waals surface area (Å²) in [5, 5.41) is 7.29. The van der Waals surface area contributed by atoms with Gasteiger partial charge in [0.2, 0.25) is 5.91 Å². The van der Waals surface area contributed by atoms with E-state index in [-0.39, 0.29) is 11.4 Å². The topological polar surface area (TPSA) is 53.5 Å². The average Bonchev–Trinajstić information content (AvgIpc) is 2.78. The van der Waals surface area contributed by atoms with E-state index in [0.717, 1.165) is 11.7 Å². The lowest BCUT2D eigenvalue weighted by Gasteiger charge is -2.31. The third kappa shape index (κ3) is 4.69. The fourth-order valence-corrected chi connectivity index (χ4v) is 4.03. The van der Waals surface area contributed by atoms with E-state index in [1.807, 2.05) is 32.5 Å². The van der Waals surface area contributed by atoms with Crippen LogP contribution in [0.5, 0.6) is 0 Å². The van der Waals surface area contributed by atoms with Crippen LogP contribution in [0.25, 0.3) is 0 Å². The number of amides is 1. The van der Waals surface area contributed by atoms with E-state index in [9.17, 15) is 4.79 Å². The molecular weight excluding hydrogens is 270 g/mol. The van der Waals surface area contributed by atoms with Gasteiger partial charge in [-0.3, -0.25) is 9.79 Å². The second kappa shape index (κ2) is 6.37. The Morgan fingerprint density at radius 3 is 2.60 bits per heavy atom. The number of nitrogens with zero attached hydrogens (tertiary/aromatic N) is 1. The quantitative estimate of drug-likeness (QED) is 0.842. The van der Waals surface area contributed by atoms with Crippen LogP contribution in [0.1, 0.15) is 52.9 Å². The second-order valence-corrected chi connectivity index (χ2v) is 8.06. The minimum absolute atomic E-state index is 0.0960. The van der Waals surface area contributed by atoms with Crippen molar-refractivity contribution in [2.45, 2.75) is 58.4 Å². The van der Waals surface area contributed by atoms with Crippen LogP contribution < -0.4 is 10.6 Å². The predicted molar refractivity (Wildman–Crippen MR) is 86.2 cm³/mol. The predicted octanol–water partition coefficient (Wildman–Crippen LogP) is 2.54. The van der Waals surface area contributed by atoms with Gasteiger partial charge >= 0.3 is 0 Å². The van der Waals surface area contributed by atoms with Crippen LogP contribution in [-0.2, 0) is 4.79 Å².